The average Bonchev–Trinajstić information content (AvgIpc) is 2.55. The summed E-state index contributed by atoms with van der Waals surface area (Å²) in [5, 5.41) is 5.24. The van der Waals surface area contributed by atoms with Gasteiger partial charge in [-0.15, -0.1) is 0 Å². The largest absolute Gasteiger partial charge is 0.0616 e. The van der Waals surface area contributed by atoms with Crippen LogP contribution in [0.5, 0.6) is 0 Å². The molecule has 0 N–H and O–H groups in total. The van der Waals surface area contributed by atoms with Crippen LogP contribution in [0, 0.1) is 3.57 Å². The molecule has 0 saturated heterocycles. The second-order valence-corrected chi connectivity index (χ2v) is 6.33. The summed E-state index contributed by atoms with van der Waals surface area (Å²) >= 11 is 2.41. The van der Waals surface area contributed by atoms with Crippen molar-refractivity contribution >= 4 is 44.1 Å². The third-order valence-corrected chi connectivity index (χ3v) is 4.89. The number of hydrogen-bond acceptors (Lipinski definition) is 0. The molecule has 0 aliphatic carbocycles. The predicted octanol–water partition coefficient (Wildman–Crippen LogP) is 6.26. The van der Waals surface area contributed by atoms with E-state index >= 15 is 0 Å². The fourth-order valence-electron chi connectivity index (χ4n) is 2.96. The first kappa shape index (κ1) is 12.8. The van der Waals surface area contributed by atoms with Crippen LogP contribution in [0.15, 0.2) is 78.9 Å². The van der Waals surface area contributed by atoms with Gasteiger partial charge in [0.15, 0.2) is 0 Å². The van der Waals surface area contributed by atoms with E-state index in [1.54, 1.807) is 0 Å². The fourth-order valence-corrected chi connectivity index (χ4v) is 3.61. The monoisotopic (exact) mass is 380 g/mol. The third kappa shape index (κ3) is 2.12. The molecular formula is C20H13I. The molecule has 0 amide bonds. The highest BCUT2D eigenvalue weighted by molar-refractivity contribution is 14.1. The second-order valence-electron chi connectivity index (χ2n) is 5.17. The van der Waals surface area contributed by atoms with Gasteiger partial charge in [-0.3, -0.25) is 0 Å². The van der Waals surface area contributed by atoms with Crippen LogP contribution in [0.3, 0.4) is 0 Å². The molecule has 0 nitrogen and oxygen atoms in total. The Labute approximate surface area is 137 Å². The minimum Gasteiger partial charge on any atom is -0.0616 e. The molecule has 4 rings (SSSR count). The lowest BCUT2D eigenvalue weighted by atomic mass is 9.94. The first-order chi connectivity index (χ1) is 10.3. The van der Waals surface area contributed by atoms with E-state index in [0.717, 1.165) is 0 Å². The van der Waals surface area contributed by atoms with Gasteiger partial charge in [-0.25, -0.2) is 0 Å². The molecule has 4 aromatic rings. The highest BCUT2D eigenvalue weighted by Gasteiger charge is 2.08. The smallest absolute Gasteiger partial charge is 0.0209 e. The number of benzene rings is 4. The summed E-state index contributed by atoms with van der Waals surface area (Å²) in [5.74, 6) is 0. The molecule has 0 fully saturated rings. The van der Waals surface area contributed by atoms with E-state index in [0.29, 0.717) is 0 Å². The van der Waals surface area contributed by atoms with Crippen LogP contribution in [-0.2, 0) is 0 Å². The van der Waals surface area contributed by atoms with Crippen molar-refractivity contribution in [3.63, 3.8) is 0 Å². The topological polar surface area (TPSA) is 0 Å². The van der Waals surface area contributed by atoms with Crippen LogP contribution < -0.4 is 0 Å². The summed E-state index contributed by atoms with van der Waals surface area (Å²) in [7, 11) is 0. The Morgan fingerprint density at radius 3 is 1.95 bits per heavy atom. The van der Waals surface area contributed by atoms with E-state index in [1.807, 2.05) is 0 Å². The first-order valence-electron chi connectivity index (χ1n) is 7.00. The molecule has 0 atom stereocenters. The van der Waals surface area contributed by atoms with E-state index in [-0.39, 0.29) is 0 Å². The van der Waals surface area contributed by atoms with Gasteiger partial charge in [0.25, 0.3) is 0 Å². The van der Waals surface area contributed by atoms with Crippen molar-refractivity contribution in [2.45, 2.75) is 0 Å². The zero-order chi connectivity index (χ0) is 14.2. The molecule has 0 bridgehead atoms. The Morgan fingerprint density at radius 2 is 1.10 bits per heavy atom. The summed E-state index contributed by atoms with van der Waals surface area (Å²) in [6.45, 7) is 0. The fraction of sp³-hybridized carbons (Fsp3) is 0. The maximum atomic E-state index is 2.41. The summed E-state index contributed by atoms with van der Waals surface area (Å²) in [5.41, 5.74) is 2.61. The Kier molecular flexibility index (Phi) is 3.15. The van der Waals surface area contributed by atoms with Crippen LogP contribution >= 0.6 is 22.6 Å². The number of rotatable bonds is 1. The molecule has 0 aliphatic rings. The van der Waals surface area contributed by atoms with Gasteiger partial charge in [-0.05, 0) is 61.3 Å². The van der Waals surface area contributed by atoms with Crippen molar-refractivity contribution in [1.29, 1.82) is 0 Å². The van der Waals surface area contributed by atoms with E-state index in [4.69, 9.17) is 0 Å². The predicted molar refractivity (Wildman–Crippen MR) is 99.6 cm³/mol. The van der Waals surface area contributed by atoms with Crippen LogP contribution in [0.2, 0.25) is 0 Å². The van der Waals surface area contributed by atoms with Crippen molar-refractivity contribution in [2.75, 3.05) is 0 Å². The molecule has 0 spiro atoms. The molecule has 0 aromatic heterocycles. The maximum Gasteiger partial charge on any atom is 0.0209 e. The molecule has 0 saturated carbocycles. The summed E-state index contributed by atoms with van der Waals surface area (Å²) < 4.78 is 1.30. The molecule has 4 aromatic carbocycles. The molecule has 1 heteroatoms. The van der Waals surface area contributed by atoms with Crippen LogP contribution in [0.1, 0.15) is 0 Å². The van der Waals surface area contributed by atoms with Gasteiger partial charge in [-0.2, -0.15) is 0 Å². The molecule has 0 aliphatic heterocycles. The Bertz CT molecular complexity index is 949. The molecule has 21 heavy (non-hydrogen) atoms. The van der Waals surface area contributed by atoms with Crippen molar-refractivity contribution < 1.29 is 0 Å². The number of fused-ring (bicyclic) bond motifs is 2. The zero-order valence-corrected chi connectivity index (χ0v) is 13.5. The number of hydrogen-bond donors (Lipinski definition) is 0. The van der Waals surface area contributed by atoms with Crippen LogP contribution in [0.25, 0.3) is 32.7 Å². The van der Waals surface area contributed by atoms with Crippen molar-refractivity contribution in [3.05, 3.63) is 82.4 Å². The van der Waals surface area contributed by atoms with Crippen molar-refractivity contribution in [1.82, 2.24) is 0 Å². The zero-order valence-electron chi connectivity index (χ0n) is 11.4. The highest BCUT2D eigenvalue weighted by atomic mass is 127. The SMILES string of the molecule is Ic1ccc(-c2cccc3ccccc23)c2ccccc12. The minimum absolute atomic E-state index is 1.29. The van der Waals surface area contributed by atoms with E-state index in [2.05, 4.69) is 101 Å². The Hall–Kier alpha value is -1.87. The average molecular weight is 380 g/mol. The van der Waals surface area contributed by atoms with Gasteiger partial charge in [0.05, 0.1) is 0 Å². The highest BCUT2D eigenvalue weighted by Crippen LogP contribution is 2.35. The van der Waals surface area contributed by atoms with Gasteiger partial charge < -0.3 is 0 Å². The first-order valence-corrected chi connectivity index (χ1v) is 8.08. The molecule has 100 valence electrons. The lowest BCUT2D eigenvalue weighted by Crippen LogP contribution is -1.85. The van der Waals surface area contributed by atoms with Crippen LogP contribution in [-0.4, -0.2) is 0 Å². The van der Waals surface area contributed by atoms with E-state index < -0.39 is 0 Å². The van der Waals surface area contributed by atoms with E-state index in [9.17, 15) is 0 Å². The standard InChI is InChI=1S/C20H13I/c21-20-13-12-18(17-9-3-4-10-19(17)20)16-11-5-7-14-6-1-2-8-15(14)16/h1-13H. The van der Waals surface area contributed by atoms with Crippen molar-refractivity contribution in [2.24, 2.45) is 0 Å². The summed E-state index contributed by atoms with van der Waals surface area (Å²) in [6, 6.07) is 28.2. The molecular weight excluding hydrogens is 367 g/mol. The minimum atomic E-state index is 1.29. The van der Waals surface area contributed by atoms with Gasteiger partial charge in [0.1, 0.15) is 0 Å². The second kappa shape index (κ2) is 5.15. The van der Waals surface area contributed by atoms with E-state index in [1.165, 1.54) is 36.2 Å². The number of halogens is 1. The lowest BCUT2D eigenvalue weighted by Gasteiger charge is -2.11. The van der Waals surface area contributed by atoms with Gasteiger partial charge in [0, 0.05) is 3.57 Å². The molecule has 0 unspecified atom stereocenters. The third-order valence-electron chi connectivity index (χ3n) is 3.95. The quantitative estimate of drug-likeness (QED) is 0.342. The van der Waals surface area contributed by atoms with Crippen molar-refractivity contribution in [3.8, 4) is 11.1 Å². The normalized spacial score (nSPS) is 11.1. The Morgan fingerprint density at radius 1 is 0.476 bits per heavy atom. The molecule has 0 heterocycles. The maximum absolute atomic E-state index is 2.41. The van der Waals surface area contributed by atoms with Gasteiger partial charge in [0.2, 0.25) is 0 Å². The molecule has 0 radical (unpaired) electrons. The Balaban J connectivity index is 2.13. The van der Waals surface area contributed by atoms with Gasteiger partial charge >= 0.3 is 0 Å². The lowest BCUT2D eigenvalue weighted by molar-refractivity contribution is 1.66. The van der Waals surface area contributed by atoms with Gasteiger partial charge in [-0.1, -0.05) is 72.8 Å². The summed E-state index contributed by atoms with van der Waals surface area (Å²) in [4.78, 5) is 0. The summed E-state index contributed by atoms with van der Waals surface area (Å²) in [6.07, 6.45) is 0. The van der Waals surface area contributed by atoms with Crippen LogP contribution in [0.4, 0.5) is 0 Å².